The minimum Gasteiger partial charge on any atom is -0.507 e. The van der Waals surface area contributed by atoms with E-state index in [9.17, 15) is 9.90 Å². The van der Waals surface area contributed by atoms with Gasteiger partial charge >= 0.3 is 0 Å². The minimum absolute atomic E-state index is 0.0169. The monoisotopic (exact) mass is 333 g/mol. The lowest BCUT2D eigenvalue weighted by Crippen LogP contribution is -2.26. The molecule has 0 unspecified atom stereocenters. The number of rotatable bonds is 3. The zero-order valence-corrected chi connectivity index (χ0v) is 13.0. The predicted molar refractivity (Wildman–Crippen MR) is 82.8 cm³/mol. The van der Waals surface area contributed by atoms with Crippen molar-refractivity contribution in [2.75, 3.05) is 7.05 Å². The number of carbonyl (C=O) groups excluding carboxylic acids is 1. The third kappa shape index (κ3) is 3.39. The molecule has 3 nitrogen and oxygen atoms in total. The molecule has 104 valence electrons. The molecule has 0 aliphatic rings. The molecule has 2 aromatic rings. The number of aromatic hydroxyl groups is 1. The molecule has 0 aliphatic heterocycles. The van der Waals surface area contributed by atoms with E-state index < -0.39 is 0 Å². The molecular formula is C16H16BrNO2. The summed E-state index contributed by atoms with van der Waals surface area (Å²) in [7, 11) is 1.73. The molecule has 0 heterocycles. The molecule has 0 saturated carbocycles. The fourth-order valence-electron chi connectivity index (χ4n) is 1.96. The van der Waals surface area contributed by atoms with Crippen molar-refractivity contribution in [1.82, 2.24) is 4.90 Å². The zero-order valence-electron chi connectivity index (χ0n) is 11.4. The van der Waals surface area contributed by atoms with Gasteiger partial charge in [-0.05, 0) is 36.8 Å². The molecule has 0 saturated heterocycles. The van der Waals surface area contributed by atoms with Gasteiger partial charge in [0, 0.05) is 18.1 Å². The number of phenols is 1. The highest BCUT2D eigenvalue weighted by Crippen LogP contribution is 2.20. The fraction of sp³-hybridized carbons (Fsp3) is 0.188. The van der Waals surface area contributed by atoms with Crippen molar-refractivity contribution in [2.24, 2.45) is 0 Å². The van der Waals surface area contributed by atoms with E-state index in [1.807, 2.05) is 31.2 Å². The topological polar surface area (TPSA) is 40.5 Å². The normalized spacial score (nSPS) is 10.3. The van der Waals surface area contributed by atoms with Crippen LogP contribution in [0.15, 0.2) is 46.9 Å². The van der Waals surface area contributed by atoms with Crippen LogP contribution in [-0.4, -0.2) is 23.0 Å². The molecule has 0 spiro atoms. The highest BCUT2D eigenvalue weighted by molar-refractivity contribution is 9.10. The highest BCUT2D eigenvalue weighted by Gasteiger charge is 2.16. The molecule has 4 heteroatoms. The van der Waals surface area contributed by atoms with E-state index in [1.165, 1.54) is 0 Å². The number of phenolic OH excluding ortho intramolecular Hbond substituents is 1. The Morgan fingerprint density at radius 1 is 1.20 bits per heavy atom. The summed E-state index contributed by atoms with van der Waals surface area (Å²) in [5.41, 5.74) is 2.32. The van der Waals surface area contributed by atoms with Crippen LogP contribution in [0.5, 0.6) is 5.75 Å². The van der Waals surface area contributed by atoms with Crippen molar-refractivity contribution in [1.29, 1.82) is 0 Å². The summed E-state index contributed by atoms with van der Waals surface area (Å²) in [6.45, 7) is 2.39. The molecule has 1 amide bonds. The maximum absolute atomic E-state index is 12.3. The highest BCUT2D eigenvalue weighted by atomic mass is 79.9. The van der Waals surface area contributed by atoms with Crippen LogP contribution in [0.25, 0.3) is 0 Å². The Hall–Kier alpha value is -1.81. The molecule has 2 rings (SSSR count). The summed E-state index contributed by atoms with van der Waals surface area (Å²) in [5.74, 6) is -0.169. The number of halogens is 1. The van der Waals surface area contributed by atoms with Crippen molar-refractivity contribution >= 4 is 21.8 Å². The van der Waals surface area contributed by atoms with Crippen molar-refractivity contribution in [3.63, 3.8) is 0 Å². The van der Waals surface area contributed by atoms with E-state index in [4.69, 9.17) is 0 Å². The molecule has 0 aliphatic carbocycles. The van der Waals surface area contributed by atoms with Gasteiger partial charge in [0.05, 0.1) is 5.56 Å². The summed E-state index contributed by atoms with van der Waals surface area (Å²) >= 11 is 3.38. The summed E-state index contributed by atoms with van der Waals surface area (Å²) in [5, 5.41) is 9.80. The Balaban J connectivity index is 2.16. The first kappa shape index (κ1) is 14.6. The maximum Gasteiger partial charge on any atom is 0.257 e. The number of nitrogens with zero attached hydrogens (tertiary/aromatic N) is 1. The van der Waals surface area contributed by atoms with Crippen molar-refractivity contribution < 1.29 is 9.90 Å². The molecule has 0 fully saturated rings. The van der Waals surface area contributed by atoms with Crippen molar-refractivity contribution in [3.05, 3.63) is 63.6 Å². The van der Waals surface area contributed by atoms with Gasteiger partial charge in [-0.1, -0.05) is 39.7 Å². The van der Waals surface area contributed by atoms with Crippen LogP contribution in [0, 0.1) is 6.92 Å². The fourth-order valence-corrected chi connectivity index (χ4v) is 2.23. The first-order chi connectivity index (χ1) is 9.47. The molecular weight excluding hydrogens is 318 g/mol. The number of hydrogen-bond donors (Lipinski definition) is 1. The van der Waals surface area contributed by atoms with Crippen LogP contribution in [-0.2, 0) is 6.54 Å². The Kier molecular flexibility index (Phi) is 4.45. The van der Waals surface area contributed by atoms with Gasteiger partial charge in [-0.25, -0.2) is 0 Å². The van der Waals surface area contributed by atoms with Crippen LogP contribution in [0.1, 0.15) is 21.5 Å². The lowest BCUT2D eigenvalue weighted by Gasteiger charge is -2.18. The number of aryl methyl sites for hydroxylation is 1. The third-order valence-electron chi connectivity index (χ3n) is 3.06. The predicted octanol–water partition coefficient (Wildman–Crippen LogP) is 3.74. The summed E-state index contributed by atoms with van der Waals surface area (Å²) < 4.78 is 1.01. The van der Waals surface area contributed by atoms with Crippen LogP contribution >= 0.6 is 15.9 Å². The average molecular weight is 334 g/mol. The lowest BCUT2D eigenvalue weighted by molar-refractivity contribution is 0.0782. The Morgan fingerprint density at radius 2 is 1.85 bits per heavy atom. The Bertz CT molecular complexity index is 623. The van der Waals surface area contributed by atoms with Crippen LogP contribution in [0.2, 0.25) is 0 Å². The second-order valence-electron chi connectivity index (χ2n) is 4.81. The first-order valence-electron chi connectivity index (χ1n) is 6.27. The molecule has 1 N–H and O–H groups in total. The van der Waals surface area contributed by atoms with Crippen LogP contribution < -0.4 is 0 Å². The van der Waals surface area contributed by atoms with Crippen molar-refractivity contribution in [3.8, 4) is 5.75 Å². The lowest BCUT2D eigenvalue weighted by atomic mass is 10.1. The second kappa shape index (κ2) is 6.09. The first-order valence-corrected chi connectivity index (χ1v) is 7.06. The molecule has 2 aromatic carbocycles. The Morgan fingerprint density at radius 3 is 2.50 bits per heavy atom. The SMILES string of the molecule is Cc1ccc(O)c(C(=O)N(C)Cc2ccc(Br)cc2)c1. The van der Waals surface area contributed by atoms with Crippen molar-refractivity contribution in [2.45, 2.75) is 13.5 Å². The summed E-state index contributed by atoms with van der Waals surface area (Å²) in [4.78, 5) is 13.9. The van der Waals surface area contributed by atoms with Gasteiger partial charge in [0.2, 0.25) is 0 Å². The van der Waals surface area contributed by atoms with E-state index in [-0.39, 0.29) is 11.7 Å². The zero-order chi connectivity index (χ0) is 14.7. The minimum atomic E-state index is -0.186. The van der Waals surface area contributed by atoms with Crippen LogP contribution in [0.3, 0.4) is 0 Å². The van der Waals surface area contributed by atoms with E-state index >= 15 is 0 Å². The second-order valence-corrected chi connectivity index (χ2v) is 5.72. The van der Waals surface area contributed by atoms with E-state index in [1.54, 1.807) is 30.1 Å². The van der Waals surface area contributed by atoms with Gasteiger partial charge in [0.1, 0.15) is 5.75 Å². The molecule has 0 aromatic heterocycles. The van der Waals surface area contributed by atoms with Gasteiger partial charge in [0.25, 0.3) is 5.91 Å². The van der Waals surface area contributed by atoms with E-state index in [0.29, 0.717) is 12.1 Å². The summed E-state index contributed by atoms with van der Waals surface area (Å²) in [6, 6.07) is 12.8. The van der Waals surface area contributed by atoms with E-state index in [0.717, 1.165) is 15.6 Å². The number of hydrogen-bond acceptors (Lipinski definition) is 2. The van der Waals surface area contributed by atoms with Gasteiger partial charge in [0.15, 0.2) is 0 Å². The average Bonchev–Trinajstić information content (AvgIpc) is 2.43. The quantitative estimate of drug-likeness (QED) is 0.929. The smallest absolute Gasteiger partial charge is 0.257 e. The number of carbonyl (C=O) groups is 1. The van der Waals surface area contributed by atoms with Gasteiger partial charge in [-0.15, -0.1) is 0 Å². The van der Waals surface area contributed by atoms with E-state index in [2.05, 4.69) is 15.9 Å². The molecule has 20 heavy (non-hydrogen) atoms. The van der Waals surface area contributed by atoms with Gasteiger partial charge in [-0.3, -0.25) is 4.79 Å². The van der Waals surface area contributed by atoms with Gasteiger partial charge < -0.3 is 10.0 Å². The summed E-state index contributed by atoms with van der Waals surface area (Å²) in [6.07, 6.45) is 0. The number of benzene rings is 2. The van der Waals surface area contributed by atoms with Gasteiger partial charge in [-0.2, -0.15) is 0 Å². The maximum atomic E-state index is 12.3. The van der Waals surface area contributed by atoms with Crippen LogP contribution in [0.4, 0.5) is 0 Å². The Labute approximate surface area is 127 Å². The largest absolute Gasteiger partial charge is 0.507 e. The molecule has 0 atom stereocenters. The standard InChI is InChI=1S/C16H16BrNO2/c1-11-3-8-15(19)14(9-11)16(20)18(2)10-12-4-6-13(17)7-5-12/h3-9,19H,10H2,1-2H3. The molecule has 0 radical (unpaired) electrons. The third-order valence-corrected chi connectivity index (χ3v) is 3.59. The molecule has 0 bridgehead atoms. The number of amides is 1.